The van der Waals surface area contributed by atoms with Crippen molar-refractivity contribution in [3.05, 3.63) is 30.1 Å². The number of alkyl carbamates (subject to hydrolysis) is 1. The maximum absolute atomic E-state index is 13.8. The number of anilines is 1. The molecule has 0 unspecified atom stereocenters. The van der Waals surface area contributed by atoms with Crippen LogP contribution in [0.25, 0.3) is 0 Å². The second-order valence-electron chi connectivity index (χ2n) is 7.08. The summed E-state index contributed by atoms with van der Waals surface area (Å²) in [5, 5.41) is 5.20. The van der Waals surface area contributed by atoms with E-state index in [-0.39, 0.29) is 43.6 Å². The van der Waals surface area contributed by atoms with Gasteiger partial charge in [-0.25, -0.2) is 9.18 Å². The Hall–Kier alpha value is -2.64. The first-order valence-corrected chi connectivity index (χ1v) is 8.47. The molecule has 8 heteroatoms. The van der Waals surface area contributed by atoms with Gasteiger partial charge >= 0.3 is 6.09 Å². The minimum absolute atomic E-state index is 0.0274. The fourth-order valence-electron chi connectivity index (χ4n) is 2.60. The first-order valence-electron chi connectivity index (χ1n) is 8.47. The van der Waals surface area contributed by atoms with E-state index in [9.17, 15) is 18.8 Å². The summed E-state index contributed by atoms with van der Waals surface area (Å²) in [5.74, 6) is -1.64. The van der Waals surface area contributed by atoms with Crippen molar-refractivity contribution in [3.63, 3.8) is 0 Å². The van der Waals surface area contributed by atoms with E-state index >= 15 is 0 Å². The van der Waals surface area contributed by atoms with Crippen molar-refractivity contribution < 1.29 is 23.5 Å². The summed E-state index contributed by atoms with van der Waals surface area (Å²) in [6.45, 7) is 5.82. The first-order chi connectivity index (χ1) is 12.2. The van der Waals surface area contributed by atoms with Gasteiger partial charge in [-0.05, 0) is 32.9 Å². The molecule has 0 saturated carbocycles. The van der Waals surface area contributed by atoms with Crippen molar-refractivity contribution in [1.82, 2.24) is 10.6 Å². The maximum atomic E-state index is 13.8. The van der Waals surface area contributed by atoms with E-state index in [2.05, 4.69) is 10.6 Å². The molecule has 0 bridgehead atoms. The van der Waals surface area contributed by atoms with Gasteiger partial charge in [0.05, 0.1) is 11.6 Å². The van der Waals surface area contributed by atoms with E-state index in [0.717, 1.165) is 0 Å². The number of nitrogens with zero attached hydrogens (tertiary/aromatic N) is 1. The summed E-state index contributed by atoms with van der Waals surface area (Å²) in [6.07, 6.45) is -0.534. The summed E-state index contributed by atoms with van der Waals surface area (Å²) in [5.41, 5.74) is -0.410. The molecule has 3 amide bonds. The third-order valence-corrected chi connectivity index (χ3v) is 3.73. The second kappa shape index (κ2) is 8.16. The fraction of sp³-hybridized carbons (Fsp3) is 0.500. The molecule has 1 aromatic carbocycles. The summed E-state index contributed by atoms with van der Waals surface area (Å²) in [4.78, 5) is 37.1. The van der Waals surface area contributed by atoms with Crippen LogP contribution in [-0.2, 0) is 14.3 Å². The van der Waals surface area contributed by atoms with Crippen LogP contribution in [0.2, 0.25) is 0 Å². The lowest BCUT2D eigenvalue weighted by Gasteiger charge is -2.20. The van der Waals surface area contributed by atoms with Crippen LogP contribution in [-0.4, -0.2) is 43.1 Å². The lowest BCUT2D eigenvalue weighted by atomic mass is 10.1. The van der Waals surface area contributed by atoms with Crippen LogP contribution in [0.5, 0.6) is 0 Å². The Morgan fingerprint density at radius 3 is 2.54 bits per heavy atom. The number of nitrogens with one attached hydrogen (secondary N) is 2. The third-order valence-electron chi connectivity index (χ3n) is 3.73. The molecule has 1 aromatic rings. The Kier molecular flexibility index (Phi) is 6.18. The zero-order chi connectivity index (χ0) is 19.3. The number of benzene rings is 1. The minimum atomic E-state index is -0.590. The quantitative estimate of drug-likeness (QED) is 0.779. The highest BCUT2D eigenvalue weighted by Crippen LogP contribution is 2.27. The number of carbonyl (C=O) groups excluding carboxylic acids is 3. The fourth-order valence-corrected chi connectivity index (χ4v) is 2.60. The Bertz CT molecular complexity index is 687. The van der Waals surface area contributed by atoms with Crippen LogP contribution in [0.3, 0.4) is 0 Å². The highest BCUT2D eigenvalue weighted by Gasteiger charge is 2.35. The Morgan fingerprint density at radius 2 is 1.88 bits per heavy atom. The zero-order valence-electron chi connectivity index (χ0n) is 15.2. The number of amides is 3. The van der Waals surface area contributed by atoms with E-state index in [0.29, 0.717) is 0 Å². The van der Waals surface area contributed by atoms with Crippen LogP contribution >= 0.6 is 0 Å². The highest BCUT2D eigenvalue weighted by molar-refractivity contribution is 6.00. The van der Waals surface area contributed by atoms with Crippen molar-refractivity contribution in [2.45, 2.75) is 32.8 Å². The van der Waals surface area contributed by atoms with E-state index in [1.54, 1.807) is 32.9 Å². The highest BCUT2D eigenvalue weighted by atomic mass is 19.1. The molecule has 1 atom stereocenters. The van der Waals surface area contributed by atoms with Crippen LogP contribution < -0.4 is 15.5 Å². The van der Waals surface area contributed by atoms with E-state index < -0.39 is 23.4 Å². The Morgan fingerprint density at radius 1 is 1.23 bits per heavy atom. The van der Waals surface area contributed by atoms with Crippen LogP contribution in [0, 0.1) is 11.7 Å². The van der Waals surface area contributed by atoms with Crippen molar-refractivity contribution in [2.75, 3.05) is 24.5 Å². The van der Waals surface area contributed by atoms with Gasteiger partial charge in [0.15, 0.2) is 0 Å². The van der Waals surface area contributed by atoms with E-state index in [1.807, 2.05) is 0 Å². The van der Waals surface area contributed by atoms with Gasteiger partial charge in [0.25, 0.3) is 0 Å². The number of hydrogen-bond donors (Lipinski definition) is 2. The summed E-state index contributed by atoms with van der Waals surface area (Å²) in [6, 6.07) is 5.97. The molecular weight excluding hydrogens is 341 g/mol. The topological polar surface area (TPSA) is 87.7 Å². The number of hydrogen-bond acceptors (Lipinski definition) is 4. The molecule has 2 rings (SSSR count). The lowest BCUT2D eigenvalue weighted by molar-refractivity contribution is -0.126. The molecule has 1 fully saturated rings. The largest absolute Gasteiger partial charge is 0.444 e. The zero-order valence-corrected chi connectivity index (χ0v) is 15.2. The van der Waals surface area contributed by atoms with Crippen molar-refractivity contribution in [1.29, 1.82) is 0 Å². The molecule has 0 spiro atoms. The molecule has 1 aliphatic rings. The number of carbonyl (C=O) groups is 3. The molecule has 1 saturated heterocycles. The van der Waals surface area contributed by atoms with Crippen LogP contribution in [0.1, 0.15) is 27.2 Å². The molecule has 142 valence electrons. The smallest absolute Gasteiger partial charge is 0.407 e. The van der Waals surface area contributed by atoms with Gasteiger partial charge in [0.2, 0.25) is 11.8 Å². The molecule has 2 N–H and O–H groups in total. The number of halogens is 1. The van der Waals surface area contributed by atoms with Crippen LogP contribution in [0.4, 0.5) is 14.9 Å². The summed E-state index contributed by atoms with van der Waals surface area (Å²) < 4.78 is 18.9. The van der Waals surface area contributed by atoms with Gasteiger partial charge in [-0.1, -0.05) is 12.1 Å². The Balaban J connectivity index is 1.78. The first kappa shape index (κ1) is 19.7. The predicted molar refractivity (Wildman–Crippen MR) is 94.1 cm³/mol. The normalized spacial score (nSPS) is 17.2. The third kappa shape index (κ3) is 5.44. The van der Waals surface area contributed by atoms with Crippen LogP contribution in [0.15, 0.2) is 24.3 Å². The van der Waals surface area contributed by atoms with Gasteiger partial charge in [-0.3, -0.25) is 9.59 Å². The predicted octanol–water partition coefficient (Wildman–Crippen LogP) is 1.82. The number of para-hydroxylation sites is 1. The number of rotatable bonds is 5. The molecule has 1 heterocycles. The minimum Gasteiger partial charge on any atom is -0.444 e. The molecule has 0 aromatic heterocycles. The van der Waals surface area contributed by atoms with Gasteiger partial charge in [0, 0.05) is 26.1 Å². The molecule has 0 radical (unpaired) electrons. The van der Waals surface area contributed by atoms with Gasteiger partial charge in [-0.15, -0.1) is 0 Å². The standard InChI is InChI=1S/C18H24FN3O4/c1-18(2,3)26-17(25)21-9-8-20-16(24)12-10-15(23)22(11-12)14-7-5-4-6-13(14)19/h4-7,12H,8-11H2,1-3H3,(H,20,24)(H,21,25)/t12-/m1/s1. The van der Waals surface area contributed by atoms with Gasteiger partial charge in [0.1, 0.15) is 11.4 Å². The van der Waals surface area contributed by atoms with Crippen molar-refractivity contribution in [2.24, 2.45) is 5.92 Å². The van der Waals surface area contributed by atoms with Crippen molar-refractivity contribution >= 4 is 23.6 Å². The summed E-state index contributed by atoms with van der Waals surface area (Å²) in [7, 11) is 0. The van der Waals surface area contributed by atoms with E-state index in [4.69, 9.17) is 4.74 Å². The van der Waals surface area contributed by atoms with E-state index in [1.165, 1.54) is 17.0 Å². The molecule has 7 nitrogen and oxygen atoms in total. The lowest BCUT2D eigenvalue weighted by Crippen LogP contribution is -2.40. The average molecular weight is 365 g/mol. The molecule has 0 aliphatic carbocycles. The monoisotopic (exact) mass is 365 g/mol. The van der Waals surface area contributed by atoms with Gasteiger partial charge < -0.3 is 20.3 Å². The van der Waals surface area contributed by atoms with Gasteiger partial charge in [-0.2, -0.15) is 0 Å². The average Bonchev–Trinajstić information content (AvgIpc) is 2.92. The number of ether oxygens (including phenoxy) is 1. The molecule has 1 aliphatic heterocycles. The molecular formula is C18H24FN3O4. The Labute approximate surface area is 151 Å². The maximum Gasteiger partial charge on any atom is 0.407 e. The van der Waals surface area contributed by atoms with Crippen molar-refractivity contribution in [3.8, 4) is 0 Å². The molecule has 26 heavy (non-hydrogen) atoms. The SMILES string of the molecule is CC(C)(C)OC(=O)NCCNC(=O)[C@@H]1CC(=O)N(c2ccccc2F)C1. The summed E-state index contributed by atoms with van der Waals surface area (Å²) >= 11 is 0. The second-order valence-corrected chi connectivity index (χ2v) is 7.08.